The quantitative estimate of drug-likeness (QED) is 0.186. The van der Waals surface area contributed by atoms with Crippen LogP contribution in [0, 0.1) is 0 Å². The first-order valence-electron chi connectivity index (χ1n) is 17.3. The van der Waals surface area contributed by atoms with E-state index >= 15 is 0 Å². The van der Waals surface area contributed by atoms with E-state index in [0.29, 0.717) is 5.95 Å². The Balaban J connectivity index is 1.14. The molecule has 0 saturated heterocycles. The molecule has 238 valence electrons. The third kappa shape index (κ3) is 4.90. The molecule has 2 heterocycles. The van der Waals surface area contributed by atoms with E-state index in [2.05, 4.69) is 193 Å². The Morgan fingerprint density at radius 1 is 0.353 bits per heavy atom. The molecule has 0 unspecified atom stereocenters. The lowest BCUT2D eigenvalue weighted by atomic mass is 9.90. The van der Waals surface area contributed by atoms with Crippen molar-refractivity contribution in [2.24, 2.45) is 0 Å². The Kier molecular flexibility index (Phi) is 6.81. The second-order valence-electron chi connectivity index (χ2n) is 13.0. The predicted octanol–water partition coefficient (Wildman–Crippen LogP) is 12.5. The molecular weight excluding hydrogens is 619 g/mol. The summed E-state index contributed by atoms with van der Waals surface area (Å²) in [5.41, 5.74) is 12.2. The molecule has 0 bridgehead atoms. The van der Waals surface area contributed by atoms with Crippen LogP contribution in [0.15, 0.2) is 188 Å². The maximum Gasteiger partial charge on any atom is 0.235 e. The van der Waals surface area contributed by atoms with Crippen molar-refractivity contribution >= 4 is 43.5 Å². The van der Waals surface area contributed by atoms with Crippen molar-refractivity contribution < 1.29 is 0 Å². The Labute approximate surface area is 295 Å². The number of benzene rings is 8. The monoisotopic (exact) mass is 649 g/mol. The lowest BCUT2D eigenvalue weighted by Gasteiger charge is -2.15. The molecule has 10 rings (SSSR count). The number of hydrogen-bond donors (Lipinski definition) is 0. The van der Waals surface area contributed by atoms with Crippen molar-refractivity contribution in [2.75, 3.05) is 0 Å². The molecule has 0 aliphatic heterocycles. The maximum absolute atomic E-state index is 5.36. The van der Waals surface area contributed by atoms with Gasteiger partial charge in [0.2, 0.25) is 5.95 Å². The number of rotatable bonds is 5. The summed E-state index contributed by atoms with van der Waals surface area (Å²) < 4.78 is 2.20. The number of para-hydroxylation sites is 3. The van der Waals surface area contributed by atoms with Gasteiger partial charge in [-0.15, -0.1) is 0 Å². The average Bonchev–Trinajstić information content (AvgIpc) is 3.55. The van der Waals surface area contributed by atoms with Gasteiger partial charge in [0, 0.05) is 21.7 Å². The number of fused-ring (bicyclic) bond motifs is 5. The van der Waals surface area contributed by atoms with Crippen LogP contribution in [0.1, 0.15) is 0 Å². The molecule has 0 spiro atoms. The minimum atomic E-state index is 0.665. The van der Waals surface area contributed by atoms with Crippen LogP contribution in [0.3, 0.4) is 0 Å². The van der Waals surface area contributed by atoms with Gasteiger partial charge in [-0.25, -0.2) is 9.97 Å². The van der Waals surface area contributed by atoms with Crippen molar-refractivity contribution in [3.63, 3.8) is 0 Å². The molecule has 51 heavy (non-hydrogen) atoms. The van der Waals surface area contributed by atoms with Gasteiger partial charge in [-0.2, -0.15) is 0 Å². The summed E-state index contributed by atoms with van der Waals surface area (Å²) in [6.45, 7) is 0. The van der Waals surface area contributed by atoms with Crippen molar-refractivity contribution in [1.82, 2.24) is 14.5 Å². The van der Waals surface area contributed by atoms with E-state index in [0.717, 1.165) is 38.8 Å². The zero-order valence-electron chi connectivity index (χ0n) is 27.7. The van der Waals surface area contributed by atoms with Gasteiger partial charge in [-0.05, 0) is 68.4 Å². The second-order valence-corrected chi connectivity index (χ2v) is 13.0. The molecule has 0 fully saturated rings. The molecular formula is C48H31N3. The van der Waals surface area contributed by atoms with Gasteiger partial charge < -0.3 is 0 Å². The summed E-state index contributed by atoms with van der Waals surface area (Å²) in [4.78, 5) is 10.5. The zero-order chi connectivity index (χ0) is 33.7. The highest BCUT2D eigenvalue weighted by molar-refractivity contribution is 6.09. The Morgan fingerprint density at radius 3 is 1.61 bits per heavy atom. The first kappa shape index (κ1) is 29.1. The highest BCUT2D eigenvalue weighted by atomic mass is 15.2. The Hall–Kier alpha value is -6.84. The van der Waals surface area contributed by atoms with E-state index in [1.54, 1.807) is 0 Å². The molecule has 8 aromatic carbocycles. The van der Waals surface area contributed by atoms with E-state index in [-0.39, 0.29) is 0 Å². The van der Waals surface area contributed by atoms with Gasteiger partial charge in [0.15, 0.2) is 0 Å². The van der Waals surface area contributed by atoms with Crippen LogP contribution >= 0.6 is 0 Å². The predicted molar refractivity (Wildman–Crippen MR) is 213 cm³/mol. The fourth-order valence-corrected chi connectivity index (χ4v) is 7.65. The summed E-state index contributed by atoms with van der Waals surface area (Å²) in [6, 6.07) is 66.9. The van der Waals surface area contributed by atoms with Crippen LogP contribution in [0.2, 0.25) is 0 Å². The summed E-state index contributed by atoms with van der Waals surface area (Å²) in [7, 11) is 0. The van der Waals surface area contributed by atoms with Gasteiger partial charge in [-0.1, -0.05) is 164 Å². The summed E-state index contributed by atoms with van der Waals surface area (Å²) in [5.74, 6) is 0.665. The summed E-state index contributed by atoms with van der Waals surface area (Å²) in [6.07, 6.45) is 0. The molecule has 0 aliphatic rings. The van der Waals surface area contributed by atoms with Crippen LogP contribution in [0.25, 0.3) is 94.1 Å². The molecule has 0 aliphatic carbocycles. The topological polar surface area (TPSA) is 30.7 Å². The van der Waals surface area contributed by atoms with Crippen molar-refractivity contribution in [2.45, 2.75) is 0 Å². The molecule has 3 heteroatoms. The number of aromatic nitrogens is 3. The van der Waals surface area contributed by atoms with Gasteiger partial charge in [0.25, 0.3) is 0 Å². The van der Waals surface area contributed by atoms with Crippen molar-refractivity contribution in [1.29, 1.82) is 0 Å². The average molecular weight is 650 g/mol. The molecule has 3 nitrogen and oxygen atoms in total. The van der Waals surface area contributed by atoms with Gasteiger partial charge in [0.1, 0.15) is 0 Å². The minimum Gasteiger partial charge on any atom is -0.278 e. The van der Waals surface area contributed by atoms with E-state index in [1.165, 1.54) is 49.4 Å². The Bertz CT molecular complexity index is 2840. The van der Waals surface area contributed by atoms with Crippen LogP contribution in [-0.2, 0) is 0 Å². The van der Waals surface area contributed by atoms with Gasteiger partial charge in [0.05, 0.1) is 22.2 Å². The molecule has 10 aromatic rings. The van der Waals surface area contributed by atoms with Crippen LogP contribution in [0.4, 0.5) is 0 Å². The van der Waals surface area contributed by atoms with Crippen LogP contribution in [0.5, 0.6) is 0 Å². The normalized spacial score (nSPS) is 11.5. The maximum atomic E-state index is 5.36. The van der Waals surface area contributed by atoms with Crippen molar-refractivity contribution in [3.05, 3.63) is 188 Å². The van der Waals surface area contributed by atoms with E-state index in [9.17, 15) is 0 Å². The Morgan fingerprint density at radius 2 is 0.882 bits per heavy atom. The molecule has 2 aromatic heterocycles. The van der Waals surface area contributed by atoms with E-state index in [4.69, 9.17) is 9.97 Å². The largest absolute Gasteiger partial charge is 0.278 e. The number of hydrogen-bond acceptors (Lipinski definition) is 2. The van der Waals surface area contributed by atoms with E-state index in [1.807, 2.05) is 0 Å². The van der Waals surface area contributed by atoms with Crippen LogP contribution < -0.4 is 0 Å². The first-order chi connectivity index (χ1) is 25.3. The third-order valence-electron chi connectivity index (χ3n) is 10.0. The standard InChI is InChI=1S/C48H31N3/c1-2-13-32(14-3-1)33-27-29-34(30-28-33)38-22-11-15-35-16-12-23-39(46(35)38)36-17-10-18-37(31-36)47-42-21-4-7-24-43(42)49-48(50-47)51-44-25-8-5-19-40(44)41-20-6-9-26-45(41)51/h1-31H. The molecule has 0 saturated carbocycles. The van der Waals surface area contributed by atoms with Crippen LogP contribution in [-0.4, -0.2) is 14.5 Å². The molecule has 0 radical (unpaired) electrons. The highest BCUT2D eigenvalue weighted by Gasteiger charge is 2.18. The lowest BCUT2D eigenvalue weighted by Crippen LogP contribution is -2.03. The molecule has 0 amide bonds. The summed E-state index contributed by atoms with van der Waals surface area (Å²) >= 11 is 0. The van der Waals surface area contributed by atoms with Crippen molar-refractivity contribution in [3.8, 4) is 50.6 Å². The minimum absolute atomic E-state index is 0.665. The third-order valence-corrected chi connectivity index (χ3v) is 10.0. The van der Waals surface area contributed by atoms with Gasteiger partial charge >= 0.3 is 0 Å². The first-order valence-corrected chi connectivity index (χ1v) is 17.3. The second kappa shape index (κ2) is 11.9. The van der Waals surface area contributed by atoms with E-state index < -0.39 is 0 Å². The lowest BCUT2D eigenvalue weighted by molar-refractivity contribution is 1.01. The highest BCUT2D eigenvalue weighted by Crippen LogP contribution is 2.39. The fourth-order valence-electron chi connectivity index (χ4n) is 7.65. The van der Waals surface area contributed by atoms with Gasteiger partial charge in [-0.3, -0.25) is 4.57 Å². The molecule has 0 atom stereocenters. The smallest absolute Gasteiger partial charge is 0.235 e. The number of nitrogens with zero attached hydrogens (tertiary/aromatic N) is 3. The SMILES string of the molecule is c1ccc(-c2ccc(-c3cccc4cccc(-c5cccc(-c6nc(-n7c8ccccc8c8ccccc87)nc7ccccc67)c5)c34)cc2)cc1. The molecule has 0 N–H and O–H groups in total. The summed E-state index contributed by atoms with van der Waals surface area (Å²) in [5, 5.41) is 5.85. The fraction of sp³-hybridized carbons (Fsp3) is 0. The zero-order valence-corrected chi connectivity index (χ0v) is 27.7.